The van der Waals surface area contributed by atoms with Crippen LogP contribution in [0.15, 0.2) is 65.6 Å². The lowest BCUT2D eigenvalue weighted by atomic mass is 9.88. The minimum Gasteiger partial charge on any atom is -0.300 e. The summed E-state index contributed by atoms with van der Waals surface area (Å²) in [7, 11) is -1.41. The van der Waals surface area contributed by atoms with Crippen molar-refractivity contribution in [3.05, 3.63) is 66.4 Å². The maximum Gasteiger partial charge on any atom is 0.268 e. The maximum atomic E-state index is 13.6. The fourth-order valence-corrected chi connectivity index (χ4v) is 6.67. The highest BCUT2D eigenvalue weighted by molar-refractivity contribution is 7.90. The number of benzene rings is 2. The van der Waals surface area contributed by atoms with Crippen molar-refractivity contribution >= 4 is 20.9 Å². The van der Waals surface area contributed by atoms with E-state index in [1.165, 1.54) is 12.8 Å². The Bertz CT molecular complexity index is 1070. The third kappa shape index (κ3) is 2.64. The van der Waals surface area contributed by atoms with Crippen molar-refractivity contribution in [2.75, 3.05) is 7.05 Å². The molecule has 0 spiro atoms. The quantitative estimate of drug-likeness (QED) is 0.683. The zero-order valence-corrected chi connectivity index (χ0v) is 16.3. The Labute approximate surface area is 160 Å². The molecule has 5 rings (SSSR count). The average Bonchev–Trinajstić information content (AvgIpc) is 3.15. The van der Waals surface area contributed by atoms with Crippen LogP contribution in [-0.4, -0.2) is 36.4 Å². The molecule has 2 bridgehead atoms. The molecule has 2 unspecified atom stereocenters. The summed E-state index contributed by atoms with van der Waals surface area (Å²) in [6, 6.07) is 19.9. The summed E-state index contributed by atoms with van der Waals surface area (Å²) in [6.07, 6.45) is 4.52. The van der Waals surface area contributed by atoms with E-state index in [0.717, 1.165) is 29.4 Å². The SMILES string of the molecule is CN1C2CCC1CC(c1cc3ccccc3n1S(=O)(=O)c1ccccc1)C2. The van der Waals surface area contributed by atoms with E-state index in [0.29, 0.717) is 17.0 Å². The second-order valence-electron chi connectivity index (χ2n) is 7.93. The van der Waals surface area contributed by atoms with Crippen LogP contribution in [0.3, 0.4) is 0 Å². The third-order valence-corrected chi connectivity index (χ3v) is 8.25. The molecule has 2 fully saturated rings. The van der Waals surface area contributed by atoms with Gasteiger partial charge in [-0.1, -0.05) is 36.4 Å². The predicted molar refractivity (Wildman–Crippen MR) is 108 cm³/mol. The minimum absolute atomic E-state index is 0.282. The van der Waals surface area contributed by atoms with Gasteiger partial charge in [0, 0.05) is 29.1 Å². The molecule has 5 heteroatoms. The van der Waals surface area contributed by atoms with Crippen LogP contribution < -0.4 is 0 Å². The highest BCUT2D eigenvalue weighted by atomic mass is 32.2. The number of piperidine rings is 1. The Hall–Kier alpha value is -2.11. The third-order valence-electron chi connectivity index (χ3n) is 6.49. The van der Waals surface area contributed by atoms with Crippen LogP contribution in [0.2, 0.25) is 0 Å². The fraction of sp³-hybridized carbons (Fsp3) is 0.364. The topological polar surface area (TPSA) is 42.3 Å². The van der Waals surface area contributed by atoms with Gasteiger partial charge in [0.1, 0.15) is 0 Å². The predicted octanol–water partition coefficient (Wildman–Crippen LogP) is 4.22. The van der Waals surface area contributed by atoms with Gasteiger partial charge in [-0.25, -0.2) is 12.4 Å². The van der Waals surface area contributed by atoms with Crippen LogP contribution >= 0.6 is 0 Å². The molecule has 2 aliphatic rings. The number of rotatable bonds is 3. The number of hydrogen-bond donors (Lipinski definition) is 0. The molecule has 0 amide bonds. The first-order valence-electron chi connectivity index (χ1n) is 9.68. The van der Waals surface area contributed by atoms with Gasteiger partial charge >= 0.3 is 0 Å². The van der Waals surface area contributed by atoms with E-state index in [-0.39, 0.29) is 5.92 Å². The first-order chi connectivity index (χ1) is 13.1. The summed E-state index contributed by atoms with van der Waals surface area (Å²) >= 11 is 0. The largest absolute Gasteiger partial charge is 0.300 e. The van der Waals surface area contributed by atoms with Gasteiger partial charge in [0.25, 0.3) is 10.0 Å². The van der Waals surface area contributed by atoms with E-state index >= 15 is 0 Å². The lowest BCUT2D eigenvalue weighted by molar-refractivity contribution is 0.160. The van der Waals surface area contributed by atoms with Crippen molar-refractivity contribution in [1.29, 1.82) is 0 Å². The molecule has 2 aliphatic heterocycles. The van der Waals surface area contributed by atoms with Gasteiger partial charge in [0.2, 0.25) is 0 Å². The second-order valence-corrected chi connectivity index (χ2v) is 9.72. The molecule has 0 aliphatic carbocycles. The standard InChI is InChI=1S/C22H24N2O2S/c1-23-18-11-12-19(23)14-17(13-18)22-15-16-7-5-6-10-21(16)24(22)27(25,26)20-8-3-2-4-9-20/h2-10,15,17-19H,11-14H2,1H3. The molecule has 2 saturated heterocycles. The Balaban J connectivity index is 1.69. The minimum atomic E-state index is -3.63. The molecule has 27 heavy (non-hydrogen) atoms. The van der Waals surface area contributed by atoms with Crippen LogP contribution in [0, 0.1) is 0 Å². The monoisotopic (exact) mass is 380 g/mol. The van der Waals surface area contributed by atoms with Gasteiger partial charge in [-0.3, -0.25) is 0 Å². The van der Waals surface area contributed by atoms with Crippen LogP contribution in [0.5, 0.6) is 0 Å². The van der Waals surface area contributed by atoms with Crippen molar-refractivity contribution in [3.63, 3.8) is 0 Å². The van der Waals surface area contributed by atoms with Crippen LogP contribution in [0.1, 0.15) is 37.3 Å². The Morgan fingerprint density at radius 1 is 0.889 bits per heavy atom. The Morgan fingerprint density at radius 3 is 2.22 bits per heavy atom. The van der Waals surface area contributed by atoms with Crippen molar-refractivity contribution in [1.82, 2.24) is 8.87 Å². The average molecular weight is 381 g/mol. The number of aromatic nitrogens is 1. The second kappa shape index (κ2) is 6.21. The summed E-state index contributed by atoms with van der Waals surface area (Å²) in [4.78, 5) is 2.85. The molecule has 0 radical (unpaired) electrons. The summed E-state index contributed by atoms with van der Waals surface area (Å²) in [6.45, 7) is 0. The highest BCUT2D eigenvalue weighted by Gasteiger charge is 2.40. The molecule has 2 atom stereocenters. The first-order valence-corrected chi connectivity index (χ1v) is 11.1. The molecule has 0 saturated carbocycles. The van der Waals surface area contributed by atoms with Gasteiger partial charge in [-0.2, -0.15) is 0 Å². The highest BCUT2D eigenvalue weighted by Crippen LogP contribution is 2.44. The molecular weight excluding hydrogens is 356 g/mol. The number of hydrogen-bond acceptors (Lipinski definition) is 3. The normalized spacial score (nSPS) is 25.9. The van der Waals surface area contributed by atoms with Crippen molar-refractivity contribution in [2.24, 2.45) is 0 Å². The van der Waals surface area contributed by atoms with E-state index in [1.54, 1.807) is 28.2 Å². The van der Waals surface area contributed by atoms with Gasteiger partial charge < -0.3 is 4.90 Å². The van der Waals surface area contributed by atoms with Crippen molar-refractivity contribution in [2.45, 2.75) is 48.6 Å². The summed E-state index contributed by atoms with van der Waals surface area (Å²) in [5, 5.41) is 0.998. The fourth-order valence-electron chi connectivity index (χ4n) is 5.05. The molecule has 1 aromatic heterocycles. The first kappa shape index (κ1) is 17.0. The van der Waals surface area contributed by atoms with Crippen LogP contribution in [-0.2, 0) is 10.0 Å². The van der Waals surface area contributed by atoms with Gasteiger partial charge in [-0.15, -0.1) is 0 Å². The van der Waals surface area contributed by atoms with Crippen LogP contribution in [0.4, 0.5) is 0 Å². The summed E-state index contributed by atoms with van der Waals surface area (Å²) in [5.74, 6) is 0.282. The molecule has 3 aromatic rings. The smallest absolute Gasteiger partial charge is 0.268 e. The zero-order valence-electron chi connectivity index (χ0n) is 15.5. The number of para-hydroxylation sites is 1. The van der Waals surface area contributed by atoms with Crippen molar-refractivity contribution < 1.29 is 8.42 Å². The molecule has 4 nitrogen and oxygen atoms in total. The van der Waals surface area contributed by atoms with E-state index in [9.17, 15) is 8.42 Å². The Kier molecular flexibility index (Phi) is 3.92. The van der Waals surface area contributed by atoms with Crippen molar-refractivity contribution in [3.8, 4) is 0 Å². The van der Waals surface area contributed by atoms with Crippen LogP contribution in [0.25, 0.3) is 10.9 Å². The van der Waals surface area contributed by atoms with E-state index in [1.807, 2.05) is 30.3 Å². The van der Waals surface area contributed by atoms with Gasteiger partial charge in [0.15, 0.2) is 0 Å². The summed E-state index contributed by atoms with van der Waals surface area (Å²) < 4.78 is 28.8. The van der Waals surface area contributed by atoms with Gasteiger partial charge in [0.05, 0.1) is 10.4 Å². The van der Waals surface area contributed by atoms with E-state index in [4.69, 9.17) is 0 Å². The number of fused-ring (bicyclic) bond motifs is 3. The van der Waals surface area contributed by atoms with E-state index < -0.39 is 10.0 Å². The lowest BCUT2D eigenvalue weighted by Gasteiger charge is -2.36. The molecule has 140 valence electrons. The molecule has 3 heterocycles. The zero-order chi connectivity index (χ0) is 18.6. The molecular formula is C22H24N2O2S. The Morgan fingerprint density at radius 2 is 1.52 bits per heavy atom. The molecule has 0 N–H and O–H groups in total. The number of nitrogens with zero attached hydrogens (tertiary/aromatic N) is 2. The molecule has 2 aromatic carbocycles. The maximum absolute atomic E-state index is 13.6. The van der Waals surface area contributed by atoms with E-state index in [2.05, 4.69) is 18.0 Å². The lowest BCUT2D eigenvalue weighted by Crippen LogP contribution is -2.39. The van der Waals surface area contributed by atoms with Gasteiger partial charge in [-0.05, 0) is 57.0 Å². The summed E-state index contributed by atoms with van der Waals surface area (Å²) in [5.41, 5.74) is 1.73.